The van der Waals surface area contributed by atoms with Crippen molar-refractivity contribution in [3.05, 3.63) is 28.3 Å². The van der Waals surface area contributed by atoms with Crippen LogP contribution >= 0.6 is 0 Å². The first-order chi connectivity index (χ1) is 9.02. The van der Waals surface area contributed by atoms with Gasteiger partial charge in [-0.15, -0.1) is 0 Å². The average Bonchev–Trinajstić information content (AvgIpc) is 2.38. The van der Waals surface area contributed by atoms with Crippen LogP contribution in [0.25, 0.3) is 0 Å². The largest absolute Gasteiger partial charge is 0.380 e. The number of benzene rings is 1. The first-order valence-electron chi connectivity index (χ1n) is 6.77. The second-order valence-electron chi connectivity index (χ2n) is 4.71. The molecule has 0 aliphatic heterocycles. The number of hydrogen-bond acceptors (Lipinski definition) is 4. The van der Waals surface area contributed by atoms with Crippen molar-refractivity contribution >= 4 is 17.1 Å². The first kappa shape index (κ1) is 15.3. The van der Waals surface area contributed by atoms with Gasteiger partial charge in [-0.05, 0) is 32.4 Å². The van der Waals surface area contributed by atoms with Gasteiger partial charge in [0.05, 0.1) is 4.92 Å². The van der Waals surface area contributed by atoms with E-state index in [1.54, 1.807) is 6.07 Å². The van der Waals surface area contributed by atoms with Gasteiger partial charge in [0.25, 0.3) is 0 Å². The standard InChI is InChI=1S/C14H23N3O2/c1-5-8-11(3)16(4)13-10-7-9-12(15-6-2)14(13)17(18)19/h7,9-11,15H,5-6,8H2,1-4H3. The van der Waals surface area contributed by atoms with E-state index in [9.17, 15) is 10.1 Å². The Balaban J connectivity index is 3.18. The normalized spacial score (nSPS) is 12.0. The number of para-hydroxylation sites is 1. The second kappa shape index (κ2) is 6.97. The van der Waals surface area contributed by atoms with Gasteiger partial charge in [0, 0.05) is 19.6 Å². The van der Waals surface area contributed by atoms with Crippen molar-refractivity contribution in [1.29, 1.82) is 0 Å². The van der Waals surface area contributed by atoms with Crippen LogP contribution in [0.3, 0.4) is 0 Å². The minimum absolute atomic E-state index is 0.162. The topological polar surface area (TPSA) is 58.4 Å². The van der Waals surface area contributed by atoms with Gasteiger partial charge in [-0.1, -0.05) is 19.4 Å². The molecule has 0 amide bonds. The lowest BCUT2D eigenvalue weighted by atomic mass is 10.1. The maximum Gasteiger partial charge on any atom is 0.315 e. The highest BCUT2D eigenvalue weighted by atomic mass is 16.6. The quantitative estimate of drug-likeness (QED) is 0.604. The summed E-state index contributed by atoms with van der Waals surface area (Å²) in [4.78, 5) is 13.0. The summed E-state index contributed by atoms with van der Waals surface area (Å²) in [5.41, 5.74) is 1.42. The zero-order chi connectivity index (χ0) is 14.4. The molecule has 0 saturated carbocycles. The minimum atomic E-state index is -0.303. The number of rotatable bonds is 7. The van der Waals surface area contributed by atoms with Gasteiger partial charge in [-0.25, -0.2) is 0 Å². The molecule has 5 nitrogen and oxygen atoms in total. The van der Waals surface area contributed by atoms with Crippen molar-refractivity contribution in [2.24, 2.45) is 0 Å². The van der Waals surface area contributed by atoms with Crippen LogP contribution in [0.4, 0.5) is 17.1 Å². The third kappa shape index (κ3) is 3.59. The fourth-order valence-corrected chi connectivity index (χ4v) is 2.19. The predicted octanol–water partition coefficient (Wildman–Crippen LogP) is 3.65. The maximum absolute atomic E-state index is 11.3. The van der Waals surface area contributed by atoms with Crippen molar-refractivity contribution in [2.75, 3.05) is 23.8 Å². The Kier molecular flexibility index (Phi) is 5.60. The summed E-state index contributed by atoms with van der Waals surface area (Å²) < 4.78 is 0. The highest BCUT2D eigenvalue weighted by Gasteiger charge is 2.23. The van der Waals surface area contributed by atoms with E-state index in [0.29, 0.717) is 17.9 Å². The molecule has 0 saturated heterocycles. The van der Waals surface area contributed by atoms with E-state index < -0.39 is 0 Å². The molecular weight excluding hydrogens is 242 g/mol. The van der Waals surface area contributed by atoms with E-state index in [1.165, 1.54) is 0 Å². The minimum Gasteiger partial charge on any atom is -0.380 e. The van der Waals surface area contributed by atoms with Gasteiger partial charge < -0.3 is 10.2 Å². The number of nitro groups is 1. The van der Waals surface area contributed by atoms with Crippen molar-refractivity contribution in [3.8, 4) is 0 Å². The summed E-state index contributed by atoms with van der Waals surface area (Å²) in [5.74, 6) is 0. The molecule has 0 bridgehead atoms. The van der Waals surface area contributed by atoms with Gasteiger partial charge in [0.1, 0.15) is 11.4 Å². The summed E-state index contributed by atoms with van der Waals surface area (Å²) in [6, 6.07) is 5.70. The molecule has 0 spiro atoms. The summed E-state index contributed by atoms with van der Waals surface area (Å²) in [5, 5.41) is 14.4. The van der Waals surface area contributed by atoms with Crippen molar-refractivity contribution < 1.29 is 4.92 Å². The Hall–Kier alpha value is -1.78. The average molecular weight is 265 g/mol. The van der Waals surface area contributed by atoms with Gasteiger partial charge in [-0.3, -0.25) is 10.1 Å². The molecule has 0 aromatic heterocycles. The van der Waals surface area contributed by atoms with E-state index in [-0.39, 0.29) is 16.7 Å². The smallest absolute Gasteiger partial charge is 0.315 e. The Morgan fingerprint density at radius 2 is 2.11 bits per heavy atom. The van der Waals surface area contributed by atoms with Crippen LogP contribution in [-0.4, -0.2) is 24.6 Å². The maximum atomic E-state index is 11.3. The molecule has 1 N–H and O–H groups in total. The van der Waals surface area contributed by atoms with Crippen LogP contribution in [0.5, 0.6) is 0 Å². The lowest BCUT2D eigenvalue weighted by molar-refractivity contribution is -0.383. The van der Waals surface area contributed by atoms with Crippen molar-refractivity contribution in [3.63, 3.8) is 0 Å². The molecule has 0 heterocycles. The number of nitrogens with zero attached hydrogens (tertiary/aromatic N) is 2. The molecule has 1 aromatic rings. The molecule has 5 heteroatoms. The molecule has 0 fully saturated rings. The Bertz CT molecular complexity index is 435. The summed E-state index contributed by atoms with van der Waals surface area (Å²) in [6.07, 6.45) is 2.07. The molecule has 106 valence electrons. The monoisotopic (exact) mass is 265 g/mol. The molecule has 0 aliphatic carbocycles. The van der Waals surface area contributed by atoms with Crippen molar-refractivity contribution in [2.45, 2.75) is 39.7 Å². The van der Waals surface area contributed by atoms with Crippen LogP contribution in [-0.2, 0) is 0 Å². The second-order valence-corrected chi connectivity index (χ2v) is 4.71. The Morgan fingerprint density at radius 3 is 2.63 bits per heavy atom. The van der Waals surface area contributed by atoms with Crippen LogP contribution < -0.4 is 10.2 Å². The van der Waals surface area contributed by atoms with Crippen LogP contribution in [0.1, 0.15) is 33.6 Å². The fourth-order valence-electron chi connectivity index (χ4n) is 2.19. The summed E-state index contributed by atoms with van der Waals surface area (Å²) >= 11 is 0. The third-order valence-electron chi connectivity index (χ3n) is 3.31. The van der Waals surface area contributed by atoms with E-state index >= 15 is 0 Å². The number of nitro benzene ring substituents is 1. The Labute approximate surface area is 114 Å². The van der Waals surface area contributed by atoms with E-state index in [2.05, 4.69) is 19.2 Å². The van der Waals surface area contributed by atoms with E-state index in [0.717, 1.165) is 12.8 Å². The molecule has 1 atom stereocenters. The third-order valence-corrected chi connectivity index (χ3v) is 3.31. The summed E-state index contributed by atoms with van der Waals surface area (Å²) in [6.45, 7) is 6.80. The van der Waals surface area contributed by atoms with Gasteiger partial charge >= 0.3 is 5.69 Å². The molecule has 19 heavy (non-hydrogen) atoms. The molecule has 1 unspecified atom stereocenters. The molecule has 1 rings (SSSR count). The predicted molar refractivity (Wildman–Crippen MR) is 80.0 cm³/mol. The lowest BCUT2D eigenvalue weighted by Gasteiger charge is -2.27. The number of hydrogen-bond donors (Lipinski definition) is 1. The molecular formula is C14H23N3O2. The molecule has 0 radical (unpaired) electrons. The summed E-state index contributed by atoms with van der Waals surface area (Å²) in [7, 11) is 1.92. The van der Waals surface area contributed by atoms with E-state index in [1.807, 2.05) is 31.0 Å². The SMILES string of the molecule is CCCC(C)N(C)c1cccc(NCC)c1[N+](=O)[O-]. The van der Waals surface area contributed by atoms with Gasteiger partial charge in [-0.2, -0.15) is 0 Å². The zero-order valence-corrected chi connectivity index (χ0v) is 12.1. The highest BCUT2D eigenvalue weighted by Crippen LogP contribution is 2.36. The number of nitrogens with one attached hydrogen (secondary N) is 1. The number of anilines is 2. The highest BCUT2D eigenvalue weighted by molar-refractivity contribution is 5.77. The zero-order valence-electron chi connectivity index (χ0n) is 12.1. The van der Waals surface area contributed by atoms with Gasteiger partial charge in [0.2, 0.25) is 0 Å². The lowest BCUT2D eigenvalue weighted by Crippen LogP contribution is -2.29. The van der Waals surface area contributed by atoms with Crippen LogP contribution in [0, 0.1) is 10.1 Å². The van der Waals surface area contributed by atoms with Crippen LogP contribution in [0.2, 0.25) is 0 Å². The Morgan fingerprint density at radius 1 is 1.42 bits per heavy atom. The first-order valence-corrected chi connectivity index (χ1v) is 6.77. The molecule has 0 aliphatic rings. The molecule has 1 aromatic carbocycles. The van der Waals surface area contributed by atoms with E-state index in [4.69, 9.17) is 0 Å². The van der Waals surface area contributed by atoms with Gasteiger partial charge in [0.15, 0.2) is 0 Å². The van der Waals surface area contributed by atoms with Crippen molar-refractivity contribution in [1.82, 2.24) is 0 Å². The fraction of sp³-hybridized carbons (Fsp3) is 0.571. The van der Waals surface area contributed by atoms with Crippen LogP contribution in [0.15, 0.2) is 18.2 Å².